The molecule has 0 unspecified atom stereocenters. The summed E-state index contributed by atoms with van der Waals surface area (Å²) in [6.45, 7) is 5.55. The van der Waals surface area contributed by atoms with E-state index in [1.165, 1.54) is 12.1 Å². The maximum Gasteiger partial charge on any atom is 0.130 e. The van der Waals surface area contributed by atoms with Gasteiger partial charge in [-0.2, -0.15) is 0 Å². The van der Waals surface area contributed by atoms with E-state index in [1.807, 2.05) is 49.5 Å². The first kappa shape index (κ1) is 16.3. The molecule has 0 radical (unpaired) electrons. The molecule has 0 saturated carbocycles. The van der Waals surface area contributed by atoms with Gasteiger partial charge in [0, 0.05) is 17.3 Å². The molecule has 0 amide bonds. The van der Waals surface area contributed by atoms with Gasteiger partial charge in [-0.15, -0.1) is 0 Å². The van der Waals surface area contributed by atoms with Gasteiger partial charge in [0.1, 0.15) is 11.6 Å². The van der Waals surface area contributed by atoms with Gasteiger partial charge < -0.3 is 0 Å². The van der Waals surface area contributed by atoms with E-state index in [2.05, 4.69) is 4.98 Å². The van der Waals surface area contributed by atoms with Crippen LogP contribution in [0.2, 0.25) is 0 Å². The minimum atomic E-state index is -0.496. The van der Waals surface area contributed by atoms with Crippen molar-refractivity contribution in [2.24, 2.45) is 0 Å². The highest BCUT2D eigenvalue weighted by Gasteiger charge is 2.15. The summed E-state index contributed by atoms with van der Waals surface area (Å²) in [5, 5.41) is 0. The lowest BCUT2D eigenvalue weighted by atomic mass is 9.96. The molecule has 0 aliphatic heterocycles. The molecule has 3 aromatic rings. The van der Waals surface area contributed by atoms with Gasteiger partial charge in [-0.3, -0.25) is 4.98 Å². The Morgan fingerprint density at radius 3 is 1.88 bits per heavy atom. The highest BCUT2D eigenvalue weighted by molar-refractivity contribution is 5.69. The van der Waals surface area contributed by atoms with Crippen LogP contribution in [0, 0.1) is 18.6 Å². The summed E-state index contributed by atoms with van der Waals surface area (Å²) < 4.78 is 28.4. The molecular weight excluding hydrogens is 304 g/mol. The summed E-state index contributed by atoms with van der Waals surface area (Å²) in [7, 11) is 0. The van der Waals surface area contributed by atoms with E-state index >= 15 is 0 Å². The zero-order chi connectivity index (χ0) is 17.3. The molecule has 24 heavy (non-hydrogen) atoms. The van der Waals surface area contributed by atoms with Crippen LogP contribution in [0.25, 0.3) is 22.4 Å². The Balaban J connectivity index is 1.95. The number of aryl methyl sites for hydroxylation is 1. The number of nitrogens with zero attached hydrogens (tertiary/aromatic N) is 1. The van der Waals surface area contributed by atoms with Crippen molar-refractivity contribution in [2.75, 3.05) is 0 Å². The van der Waals surface area contributed by atoms with Crippen LogP contribution >= 0.6 is 0 Å². The number of pyridine rings is 1. The van der Waals surface area contributed by atoms with E-state index in [0.29, 0.717) is 5.56 Å². The predicted molar refractivity (Wildman–Crippen MR) is 93.9 cm³/mol. The fourth-order valence-electron chi connectivity index (χ4n) is 2.77. The van der Waals surface area contributed by atoms with E-state index in [9.17, 15) is 8.78 Å². The number of halogens is 2. The Labute approximate surface area is 141 Å². The first-order valence-corrected chi connectivity index (χ1v) is 7.98. The van der Waals surface area contributed by atoms with Gasteiger partial charge in [0.2, 0.25) is 0 Å². The SMILES string of the molecule is Cc1ccc(-c2ccc(-c3cc(F)c(C(C)C)c(F)c3)cc2)nc1. The number of benzene rings is 2. The molecule has 3 heteroatoms. The number of hydrogen-bond donors (Lipinski definition) is 0. The standard InChI is InChI=1S/C21H19F2N/c1-13(2)21-18(22)10-17(11-19(21)23)15-5-7-16(8-6-15)20-9-4-14(3)12-24-20/h4-13H,1-3H3. The van der Waals surface area contributed by atoms with Crippen molar-refractivity contribution in [2.45, 2.75) is 26.7 Å². The predicted octanol–water partition coefficient (Wildman–Crippen LogP) is 6.13. The van der Waals surface area contributed by atoms with Crippen LogP contribution in [0.5, 0.6) is 0 Å². The van der Waals surface area contributed by atoms with Gasteiger partial charge in [-0.1, -0.05) is 44.2 Å². The van der Waals surface area contributed by atoms with E-state index in [4.69, 9.17) is 0 Å². The van der Waals surface area contributed by atoms with Crippen LogP contribution in [-0.4, -0.2) is 4.98 Å². The average molecular weight is 323 g/mol. The largest absolute Gasteiger partial charge is 0.256 e. The maximum atomic E-state index is 14.2. The molecule has 1 nitrogen and oxygen atoms in total. The molecule has 0 atom stereocenters. The van der Waals surface area contributed by atoms with Crippen LogP contribution in [0.15, 0.2) is 54.7 Å². The van der Waals surface area contributed by atoms with Crippen molar-refractivity contribution in [1.82, 2.24) is 4.98 Å². The Kier molecular flexibility index (Phi) is 4.43. The van der Waals surface area contributed by atoms with Crippen molar-refractivity contribution in [3.63, 3.8) is 0 Å². The van der Waals surface area contributed by atoms with Gasteiger partial charge in [0.15, 0.2) is 0 Å². The van der Waals surface area contributed by atoms with Crippen LogP contribution in [0.4, 0.5) is 8.78 Å². The average Bonchev–Trinajstić information content (AvgIpc) is 2.54. The number of rotatable bonds is 3. The zero-order valence-electron chi connectivity index (χ0n) is 14.0. The second kappa shape index (κ2) is 6.52. The monoisotopic (exact) mass is 323 g/mol. The van der Waals surface area contributed by atoms with Crippen LogP contribution < -0.4 is 0 Å². The molecule has 0 fully saturated rings. The molecule has 0 bridgehead atoms. The van der Waals surface area contributed by atoms with E-state index in [1.54, 1.807) is 13.8 Å². The maximum absolute atomic E-state index is 14.2. The van der Waals surface area contributed by atoms with Gasteiger partial charge in [0.05, 0.1) is 5.69 Å². The normalized spacial score (nSPS) is 11.1. The fourth-order valence-corrected chi connectivity index (χ4v) is 2.77. The van der Waals surface area contributed by atoms with Crippen molar-refractivity contribution in [3.8, 4) is 22.4 Å². The smallest absolute Gasteiger partial charge is 0.130 e. The Hall–Kier alpha value is -2.55. The highest BCUT2D eigenvalue weighted by atomic mass is 19.1. The van der Waals surface area contributed by atoms with E-state index in [0.717, 1.165) is 22.4 Å². The molecule has 0 saturated heterocycles. The van der Waals surface area contributed by atoms with Crippen molar-refractivity contribution in [1.29, 1.82) is 0 Å². The van der Waals surface area contributed by atoms with Gasteiger partial charge in [-0.05, 0) is 47.7 Å². The third-order valence-electron chi connectivity index (χ3n) is 4.08. The Morgan fingerprint density at radius 2 is 1.38 bits per heavy atom. The Morgan fingerprint density at radius 1 is 0.792 bits per heavy atom. The second-order valence-corrected chi connectivity index (χ2v) is 6.31. The topological polar surface area (TPSA) is 12.9 Å². The van der Waals surface area contributed by atoms with Crippen molar-refractivity contribution < 1.29 is 8.78 Å². The molecule has 3 rings (SSSR count). The Bertz CT molecular complexity index is 827. The summed E-state index contributed by atoms with van der Waals surface area (Å²) in [6.07, 6.45) is 1.82. The van der Waals surface area contributed by atoms with Crippen molar-refractivity contribution >= 4 is 0 Å². The molecule has 1 aromatic heterocycles. The summed E-state index contributed by atoms with van der Waals surface area (Å²) >= 11 is 0. The molecule has 0 aliphatic rings. The first-order valence-electron chi connectivity index (χ1n) is 7.98. The molecule has 0 aliphatic carbocycles. The molecule has 0 spiro atoms. The minimum absolute atomic E-state index is 0.138. The first-order chi connectivity index (χ1) is 11.5. The summed E-state index contributed by atoms with van der Waals surface area (Å²) in [6, 6.07) is 14.3. The molecular formula is C21H19F2N. The third-order valence-corrected chi connectivity index (χ3v) is 4.08. The molecule has 2 aromatic carbocycles. The van der Waals surface area contributed by atoms with Gasteiger partial charge >= 0.3 is 0 Å². The third kappa shape index (κ3) is 3.21. The zero-order valence-corrected chi connectivity index (χ0v) is 14.0. The van der Waals surface area contributed by atoms with E-state index < -0.39 is 11.6 Å². The van der Waals surface area contributed by atoms with Gasteiger partial charge in [-0.25, -0.2) is 8.78 Å². The minimum Gasteiger partial charge on any atom is -0.256 e. The van der Waals surface area contributed by atoms with Gasteiger partial charge in [0.25, 0.3) is 0 Å². The molecule has 122 valence electrons. The fraction of sp³-hybridized carbons (Fsp3) is 0.190. The summed E-state index contributed by atoms with van der Waals surface area (Å²) in [4.78, 5) is 4.39. The summed E-state index contributed by atoms with van der Waals surface area (Å²) in [5.41, 5.74) is 4.40. The van der Waals surface area contributed by atoms with Crippen LogP contribution in [0.1, 0.15) is 30.9 Å². The molecule has 0 N–H and O–H groups in total. The lowest BCUT2D eigenvalue weighted by Crippen LogP contribution is -1.98. The number of aromatic nitrogens is 1. The quantitative estimate of drug-likeness (QED) is 0.565. The second-order valence-electron chi connectivity index (χ2n) is 6.31. The summed E-state index contributed by atoms with van der Waals surface area (Å²) in [5.74, 6) is -1.18. The highest BCUT2D eigenvalue weighted by Crippen LogP contribution is 2.29. The van der Waals surface area contributed by atoms with Crippen LogP contribution in [0.3, 0.4) is 0 Å². The number of hydrogen-bond acceptors (Lipinski definition) is 1. The lowest BCUT2D eigenvalue weighted by molar-refractivity contribution is 0.542. The lowest BCUT2D eigenvalue weighted by Gasteiger charge is -2.11. The molecule has 1 heterocycles. The van der Waals surface area contributed by atoms with E-state index in [-0.39, 0.29) is 11.5 Å². The van der Waals surface area contributed by atoms with Crippen LogP contribution in [-0.2, 0) is 0 Å². The van der Waals surface area contributed by atoms with Crippen molar-refractivity contribution in [3.05, 3.63) is 77.5 Å².